The first-order valence-corrected chi connectivity index (χ1v) is 8.72. The van der Waals surface area contributed by atoms with Gasteiger partial charge in [-0.25, -0.2) is 0 Å². The molecule has 0 aliphatic heterocycles. The molecule has 2 N–H and O–H groups in total. The Morgan fingerprint density at radius 2 is 1.81 bits per heavy atom. The molecule has 0 spiro atoms. The number of hydrogen-bond donors (Lipinski definition) is 1. The maximum atomic E-state index is 6.27. The Kier molecular flexibility index (Phi) is 9.53. The average molecular weight is 312 g/mol. The minimum Gasteiger partial charge on any atom is -0.492 e. The summed E-state index contributed by atoms with van der Waals surface area (Å²) in [6.45, 7) is 5.09. The van der Waals surface area contributed by atoms with Crippen molar-refractivity contribution < 1.29 is 4.74 Å². The van der Waals surface area contributed by atoms with Crippen LogP contribution in [0.15, 0.2) is 18.2 Å². The lowest BCUT2D eigenvalue weighted by atomic mass is 10.0. The van der Waals surface area contributed by atoms with Crippen molar-refractivity contribution >= 4 is 11.6 Å². The summed E-state index contributed by atoms with van der Waals surface area (Å²) in [7, 11) is 0. The highest BCUT2D eigenvalue weighted by Crippen LogP contribution is 2.26. The van der Waals surface area contributed by atoms with Gasteiger partial charge in [0.05, 0.1) is 11.6 Å². The molecule has 0 amide bonds. The van der Waals surface area contributed by atoms with E-state index in [-0.39, 0.29) is 6.04 Å². The van der Waals surface area contributed by atoms with E-state index in [9.17, 15) is 0 Å². The van der Waals surface area contributed by atoms with Crippen LogP contribution in [0.5, 0.6) is 5.75 Å². The summed E-state index contributed by atoms with van der Waals surface area (Å²) in [4.78, 5) is 0. The van der Waals surface area contributed by atoms with Crippen LogP contribution in [0, 0.1) is 0 Å². The van der Waals surface area contributed by atoms with Gasteiger partial charge in [-0.2, -0.15) is 0 Å². The molecule has 0 bridgehead atoms. The highest BCUT2D eigenvalue weighted by molar-refractivity contribution is 6.32. The first-order valence-electron chi connectivity index (χ1n) is 8.34. The Balaban J connectivity index is 2.29. The monoisotopic (exact) mass is 311 g/mol. The highest BCUT2D eigenvalue weighted by atomic mass is 35.5. The molecule has 0 saturated carbocycles. The van der Waals surface area contributed by atoms with Gasteiger partial charge in [0, 0.05) is 6.04 Å². The predicted molar refractivity (Wildman–Crippen MR) is 92.3 cm³/mol. The van der Waals surface area contributed by atoms with Crippen LogP contribution < -0.4 is 10.5 Å². The molecule has 0 aliphatic carbocycles. The quantitative estimate of drug-likeness (QED) is 0.558. The first-order chi connectivity index (χ1) is 10.2. The van der Waals surface area contributed by atoms with Crippen molar-refractivity contribution in [2.45, 2.75) is 71.3 Å². The van der Waals surface area contributed by atoms with E-state index in [4.69, 9.17) is 22.1 Å². The Morgan fingerprint density at radius 3 is 2.48 bits per heavy atom. The summed E-state index contributed by atoms with van der Waals surface area (Å²) in [5, 5.41) is 0.696. The van der Waals surface area contributed by atoms with Crippen molar-refractivity contribution in [1.82, 2.24) is 0 Å². The molecule has 21 heavy (non-hydrogen) atoms. The minimum atomic E-state index is 0.205. The minimum absolute atomic E-state index is 0.205. The molecule has 1 unspecified atom stereocenters. The molecule has 0 radical (unpaired) electrons. The molecule has 3 heteroatoms. The fraction of sp³-hybridized carbons (Fsp3) is 0.667. The zero-order chi connectivity index (χ0) is 15.5. The number of hydrogen-bond acceptors (Lipinski definition) is 2. The van der Waals surface area contributed by atoms with Crippen molar-refractivity contribution in [3.05, 3.63) is 28.8 Å². The molecule has 1 aromatic carbocycles. The van der Waals surface area contributed by atoms with E-state index in [1.54, 1.807) is 0 Å². The predicted octanol–water partition coefficient (Wildman–Crippen LogP) is 5.36. The number of nitrogens with two attached hydrogens (primary N) is 1. The molecule has 0 aromatic heterocycles. The third-order valence-corrected chi connectivity index (χ3v) is 4.07. The Bertz CT molecular complexity index is 395. The average Bonchev–Trinajstić information content (AvgIpc) is 2.48. The number of halogens is 1. The third-order valence-electron chi connectivity index (χ3n) is 3.77. The molecule has 1 aromatic rings. The normalized spacial score (nSPS) is 12.4. The lowest BCUT2D eigenvalue weighted by Crippen LogP contribution is -2.21. The van der Waals surface area contributed by atoms with Crippen LogP contribution in [0.1, 0.15) is 64.4 Å². The van der Waals surface area contributed by atoms with Crippen molar-refractivity contribution in [2.75, 3.05) is 6.61 Å². The van der Waals surface area contributed by atoms with Gasteiger partial charge >= 0.3 is 0 Å². The second-order valence-corrected chi connectivity index (χ2v) is 6.16. The van der Waals surface area contributed by atoms with E-state index in [1.165, 1.54) is 37.7 Å². The first kappa shape index (κ1) is 18.3. The molecule has 0 aliphatic rings. The summed E-state index contributed by atoms with van der Waals surface area (Å²) in [5.74, 6) is 0.791. The van der Waals surface area contributed by atoms with Crippen LogP contribution >= 0.6 is 11.6 Å². The molecule has 1 rings (SSSR count). The lowest BCUT2D eigenvalue weighted by Gasteiger charge is -2.12. The van der Waals surface area contributed by atoms with E-state index < -0.39 is 0 Å². The maximum absolute atomic E-state index is 6.27. The molecule has 0 saturated heterocycles. The topological polar surface area (TPSA) is 35.2 Å². The Labute approximate surface area is 135 Å². The highest BCUT2D eigenvalue weighted by Gasteiger charge is 2.06. The van der Waals surface area contributed by atoms with E-state index in [0.717, 1.165) is 31.6 Å². The van der Waals surface area contributed by atoms with Crippen molar-refractivity contribution in [3.63, 3.8) is 0 Å². The van der Waals surface area contributed by atoms with Crippen LogP contribution in [0.4, 0.5) is 0 Å². The van der Waals surface area contributed by atoms with Gasteiger partial charge in [-0.05, 0) is 37.0 Å². The van der Waals surface area contributed by atoms with Gasteiger partial charge in [0.15, 0.2) is 0 Å². The molecular formula is C18H30ClNO. The van der Waals surface area contributed by atoms with Gasteiger partial charge in [-0.15, -0.1) is 0 Å². The van der Waals surface area contributed by atoms with Crippen LogP contribution in [0.2, 0.25) is 5.02 Å². The summed E-state index contributed by atoms with van der Waals surface area (Å²) < 4.78 is 5.77. The van der Waals surface area contributed by atoms with E-state index >= 15 is 0 Å². The van der Waals surface area contributed by atoms with Gasteiger partial charge in [0.25, 0.3) is 0 Å². The standard InChI is InChI=1S/C18H30ClNO/c1-3-5-6-7-8-9-12-21-18-11-10-15(14-17(18)19)13-16(20)4-2/h10-11,14,16H,3-9,12-13,20H2,1-2H3. The Hall–Kier alpha value is -0.730. The maximum Gasteiger partial charge on any atom is 0.137 e. The molecular weight excluding hydrogens is 282 g/mol. The number of rotatable bonds is 11. The van der Waals surface area contributed by atoms with E-state index in [2.05, 4.69) is 19.9 Å². The summed E-state index contributed by atoms with van der Waals surface area (Å²) in [5.41, 5.74) is 7.15. The second kappa shape index (κ2) is 10.9. The number of unbranched alkanes of at least 4 members (excludes halogenated alkanes) is 5. The molecule has 120 valence electrons. The van der Waals surface area contributed by atoms with Crippen LogP contribution in [0.3, 0.4) is 0 Å². The van der Waals surface area contributed by atoms with Gasteiger partial charge in [-0.1, -0.05) is 63.6 Å². The molecule has 2 nitrogen and oxygen atoms in total. The summed E-state index contributed by atoms with van der Waals surface area (Å²) in [6.07, 6.45) is 9.46. The van der Waals surface area contributed by atoms with Crippen molar-refractivity contribution in [2.24, 2.45) is 5.73 Å². The zero-order valence-electron chi connectivity index (χ0n) is 13.5. The number of benzene rings is 1. The van der Waals surface area contributed by atoms with Crippen molar-refractivity contribution in [1.29, 1.82) is 0 Å². The van der Waals surface area contributed by atoms with Crippen LogP contribution in [-0.2, 0) is 6.42 Å². The fourth-order valence-electron chi connectivity index (χ4n) is 2.30. The fourth-order valence-corrected chi connectivity index (χ4v) is 2.56. The van der Waals surface area contributed by atoms with Gasteiger partial charge in [0.1, 0.15) is 5.75 Å². The third kappa shape index (κ3) is 7.73. The summed E-state index contributed by atoms with van der Waals surface area (Å²) >= 11 is 6.27. The van der Waals surface area contributed by atoms with Gasteiger partial charge < -0.3 is 10.5 Å². The van der Waals surface area contributed by atoms with Crippen molar-refractivity contribution in [3.8, 4) is 5.75 Å². The lowest BCUT2D eigenvalue weighted by molar-refractivity contribution is 0.304. The SMILES string of the molecule is CCCCCCCCOc1ccc(CC(N)CC)cc1Cl. The van der Waals surface area contributed by atoms with E-state index in [0.29, 0.717) is 5.02 Å². The second-order valence-electron chi connectivity index (χ2n) is 5.75. The van der Waals surface area contributed by atoms with Gasteiger partial charge in [-0.3, -0.25) is 0 Å². The molecule has 1 atom stereocenters. The van der Waals surface area contributed by atoms with Gasteiger partial charge in [0.2, 0.25) is 0 Å². The molecule has 0 fully saturated rings. The molecule has 0 heterocycles. The smallest absolute Gasteiger partial charge is 0.137 e. The zero-order valence-corrected chi connectivity index (χ0v) is 14.3. The van der Waals surface area contributed by atoms with Crippen LogP contribution in [-0.4, -0.2) is 12.6 Å². The largest absolute Gasteiger partial charge is 0.492 e. The van der Waals surface area contributed by atoms with E-state index in [1.807, 2.05) is 12.1 Å². The summed E-state index contributed by atoms with van der Waals surface area (Å²) in [6, 6.07) is 6.22. The Morgan fingerprint density at radius 1 is 1.10 bits per heavy atom. The number of ether oxygens (including phenoxy) is 1. The van der Waals surface area contributed by atoms with Crippen LogP contribution in [0.25, 0.3) is 0 Å².